The Morgan fingerprint density at radius 2 is 2.13 bits per heavy atom. The molecule has 1 atom stereocenters. The standard InChI is InChI=1S/C20H20FN5O4S/c21-15-9-13(1-2-17(15)25-4-7-31(28)8-5-25)26-12-14(30-20(26)27)10-18-16(3-6-29-18)24-19(23)11-22/h1-3,6,9,14H,4-5,7-8,10,12H2,(H2,23,24)/t14-/m0/s1. The molecule has 1 aromatic carbocycles. The van der Waals surface area contributed by atoms with Gasteiger partial charge in [-0.3, -0.25) is 9.11 Å². The summed E-state index contributed by atoms with van der Waals surface area (Å²) in [7, 11) is -0.848. The lowest BCUT2D eigenvalue weighted by atomic mass is 10.1. The zero-order chi connectivity index (χ0) is 22.0. The average Bonchev–Trinajstić information content (AvgIpc) is 3.34. The lowest BCUT2D eigenvalue weighted by Gasteiger charge is -2.29. The molecule has 2 aliphatic heterocycles. The number of carbonyl (C=O) groups is 1. The van der Waals surface area contributed by atoms with Gasteiger partial charge in [-0.25, -0.2) is 14.2 Å². The van der Waals surface area contributed by atoms with Crippen LogP contribution in [0.15, 0.2) is 39.9 Å². The van der Waals surface area contributed by atoms with Gasteiger partial charge in [-0.1, -0.05) is 0 Å². The van der Waals surface area contributed by atoms with E-state index < -0.39 is 28.8 Å². The summed E-state index contributed by atoms with van der Waals surface area (Å²) in [5, 5.41) is 8.78. The van der Waals surface area contributed by atoms with Crippen LogP contribution in [0.3, 0.4) is 0 Å². The Morgan fingerprint density at radius 1 is 1.35 bits per heavy atom. The Balaban J connectivity index is 1.45. The first-order valence-electron chi connectivity index (χ1n) is 9.63. The van der Waals surface area contributed by atoms with E-state index in [1.165, 1.54) is 17.2 Å². The highest BCUT2D eigenvalue weighted by Crippen LogP contribution is 2.30. The van der Waals surface area contributed by atoms with Crippen LogP contribution in [0.4, 0.5) is 26.2 Å². The molecule has 9 nitrogen and oxygen atoms in total. The van der Waals surface area contributed by atoms with Gasteiger partial charge in [-0.15, -0.1) is 0 Å². The summed E-state index contributed by atoms with van der Waals surface area (Å²) in [5.74, 6) is 0.807. The van der Waals surface area contributed by atoms with Gasteiger partial charge in [0.25, 0.3) is 0 Å². The number of benzene rings is 1. The molecule has 0 spiro atoms. The molecule has 2 aromatic rings. The van der Waals surface area contributed by atoms with Crippen molar-refractivity contribution in [1.82, 2.24) is 0 Å². The molecule has 0 radical (unpaired) electrons. The van der Waals surface area contributed by atoms with E-state index in [0.717, 1.165) is 0 Å². The number of nitrogens with two attached hydrogens (primary N) is 1. The van der Waals surface area contributed by atoms with Crippen molar-refractivity contribution in [2.24, 2.45) is 10.7 Å². The van der Waals surface area contributed by atoms with Gasteiger partial charge in [-0.2, -0.15) is 5.26 Å². The smallest absolute Gasteiger partial charge is 0.414 e. The van der Waals surface area contributed by atoms with Crippen LogP contribution in [-0.2, 0) is 22.0 Å². The van der Waals surface area contributed by atoms with Gasteiger partial charge in [0.2, 0.25) is 5.84 Å². The first-order chi connectivity index (χ1) is 14.9. The first-order valence-corrected chi connectivity index (χ1v) is 11.1. The predicted octanol–water partition coefficient (Wildman–Crippen LogP) is 2.07. The number of ether oxygens (including phenoxy) is 1. The molecule has 2 saturated heterocycles. The fourth-order valence-corrected chi connectivity index (χ4v) is 4.64. The van der Waals surface area contributed by atoms with E-state index in [9.17, 15) is 13.4 Å². The predicted molar refractivity (Wildman–Crippen MR) is 113 cm³/mol. The Hall–Kier alpha value is -3.39. The number of hydrogen-bond donors (Lipinski definition) is 1. The molecule has 0 unspecified atom stereocenters. The molecule has 0 saturated carbocycles. The number of anilines is 2. The number of amidine groups is 1. The molecule has 1 aromatic heterocycles. The number of carbonyl (C=O) groups excluding carboxylic acids is 1. The van der Waals surface area contributed by atoms with Crippen LogP contribution < -0.4 is 15.5 Å². The molecule has 162 valence electrons. The van der Waals surface area contributed by atoms with Crippen LogP contribution in [0.2, 0.25) is 0 Å². The molecule has 2 aliphatic rings. The summed E-state index contributed by atoms with van der Waals surface area (Å²) in [6, 6.07) is 7.91. The summed E-state index contributed by atoms with van der Waals surface area (Å²) in [6.45, 7) is 1.26. The topological polar surface area (TPSA) is 125 Å². The van der Waals surface area contributed by atoms with Gasteiger partial charge in [0, 0.05) is 47.9 Å². The van der Waals surface area contributed by atoms with Crippen LogP contribution in [0.25, 0.3) is 0 Å². The maximum absolute atomic E-state index is 14.8. The largest absolute Gasteiger partial charge is 0.467 e. The zero-order valence-electron chi connectivity index (χ0n) is 16.5. The molecule has 0 aliphatic carbocycles. The minimum Gasteiger partial charge on any atom is -0.467 e. The Kier molecular flexibility index (Phi) is 5.90. The molecule has 31 heavy (non-hydrogen) atoms. The van der Waals surface area contributed by atoms with Gasteiger partial charge in [0.1, 0.15) is 29.4 Å². The minimum absolute atomic E-state index is 0.205. The van der Waals surface area contributed by atoms with Crippen LogP contribution in [-0.4, -0.2) is 53.4 Å². The molecule has 2 N–H and O–H groups in total. The molecule has 2 fully saturated rings. The maximum atomic E-state index is 14.8. The lowest BCUT2D eigenvalue weighted by molar-refractivity contribution is 0.138. The van der Waals surface area contributed by atoms with Crippen molar-refractivity contribution in [3.63, 3.8) is 0 Å². The molecular weight excluding hydrogens is 425 g/mol. The normalized spacial score (nSPS) is 20.1. The third-order valence-corrected chi connectivity index (χ3v) is 6.40. The van der Waals surface area contributed by atoms with Crippen molar-refractivity contribution < 1.29 is 22.5 Å². The SMILES string of the molecule is N#CC(N)=Nc1ccoc1C[C@H]1CN(c2ccc(N3CCS(=O)CC3)c(F)c2)C(=O)O1. The fourth-order valence-electron chi connectivity index (χ4n) is 3.59. The number of cyclic esters (lactones) is 1. The number of furan rings is 1. The van der Waals surface area contributed by atoms with Crippen molar-refractivity contribution in [1.29, 1.82) is 5.26 Å². The molecule has 4 rings (SSSR count). The molecular formula is C20H20FN5O4S. The lowest BCUT2D eigenvalue weighted by Crippen LogP contribution is -2.38. The third kappa shape index (κ3) is 4.54. The molecule has 3 heterocycles. The summed E-state index contributed by atoms with van der Waals surface area (Å²) in [5.41, 5.74) is 6.66. The van der Waals surface area contributed by atoms with E-state index in [1.54, 1.807) is 24.3 Å². The first kappa shape index (κ1) is 20.9. The average molecular weight is 445 g/mol. The van der Waals surface area contributed by atoms with Gasteiger partial charge in [0.15, 0.2) is 0 Å². The van der Waals surface area contributed by atoms with Gasteiger partial charge >= 0.3 is 6.09 Å². The summed E-state index contributed by atoms with van der Waals surface area (Å²) in [4.78, 5) is 19.5. The van der Waals surface area contributed by atoms with E-state index in [0.29, 0.717) is 47.4 Å². The van der Waals surface area contributed by atoms with Crippen molar-refractivity contribution in [3.05, 3.63) is 42.1 Å². The highest BCUT2D eigenvalue weighted by atomic mass is 32.2. The number of aliphatic imine (C=N–C) groups is 1. The summed E-state index contributed by atoms with van der Waals surface area (Å²) < 4.78 is 37.1. The minimum atomic E-state index is -0.848. The maximum Gasteiger partial charge on any atom is 0.414 e. The summed E-state index contributed by atoms with van der Waals surface area (Å²) in [6.07, 6.45) is 0.532. The van der Waals surface area contributed by atoms with Gasteiger partial charge in [0.05, 0.1) is 24.2 Å². The molecule has 0 bridgehead atoms. The zero-order valence-corrected chi connectivity index (χ0v) is 17.3. The van der Waals surface area contributed by atoms with Crippen molar-refractivity contribution in [2.45, 2.75) is 12.5 Å². The number of amides is 1. The van der Waals surface area contributed by atoms with Crippen LogP contribution in [0.5, 0.6) is 0 Å². The third-order valence-electron chi connectivity index (χ3n) is 5.13. The van der Waals surface area contributed by atoms with Crippen LogP contribution in [0.1, 0.15) is 5.76 Å². The molecule has 11 heteroatoms. The van der Waals surface area contributed by atoms with E-state index >= 15 is 0 Å². The van der Waals surface area contributed by atoms with E-state index in [-0.39, 0.29) is 18.8 Å². The van der Waals surface area contributed by atoms with Crippen LogP contribution in [0, 0.1) is 17.1 Å². The highest BCUT2D eigenvalue weighted by Gasteiger charge is 2.34. The Morgan fingerprint density at radius 3 is 2.84 bits per heavy atom. The monoisotopic (exact) mass is 445 g/mol. The number of hydrogen-bond acceptors (Lipinski definition) is 7. The van der Waals surface area contributed by atoms with E-state index in [2.05, 4.69) is 4.99 Å². The quantitative estimate of drug-likeness (QED) is 0.552. The second kappa shape index (κ2) is 8.77. The van der Waals surface area contributed by atoms with E-state index in [4.69, 9.17) is 20.1 Å². The second-order valence-corrected chi connectivity index (χ2v) is 8.83. The van der Waals surface area contributed by atoms with Gasteiger partial charge < -0.3 is 19.8 Å². The second-order valence-electron chi connectivity index (χ2n) is 7.13. The summed E-state index contributed by atoms with van der Waals surface area (Å²) >= 11 is 0. The Labute approximate surface area is 180 Å². The van der Waals surface area contributed by atoms with Crippen molar-refractivity contribution >= 4 is 39.8 Å². The number of halogens is 1. The van der Waals surface area contributed by atoms with Gasteiger partial charge in [-0.05, 0) is 18.2 Å². The van der Waals surface area contributed by atoms with Crippen molar-refractivity contribution in [3.8, 4) is 6.07 Å². The fraction of sp³-hybridized carbons (Fsp3) is 0.350. The number of nitrogens with zero attached hydrogens (tertiary/aromatic N) is 4. The highest BCUT2D eigenvalue weighted by molar-refractivity contribution is 7.85. The molecule has 1 amide bonds. The number of rotatable bonds is 5. The van der Waals surface area contributed by atoms with E-state index in [1.807, 2.05) is 4.90 Å². The van der Waals surface area contributed by atoms with Crippen molar-refractivity contribution in [2.75, 3.05) is 40.9 Å². The Bertz CT molecular complexity index is 1090. The van der Waals surface area contributed by atoms with Crippen LogP contribution >= 0.6 is 0 Å². The number of nitriles is 1.